The van der Waals surface area contributed by atoms with Crippen molar-refractivity contribution in [2.75, 3.05) is 26.2 Å². The van der Waals surface area contributed by atoms with Crippen LogP contribution in [0.3, 0.4) is 0 Å². The lowest BCUT2D eigenvalue weighted by Gasteiger charge is -2.26. The van der Waals surface area contributed by atoms with E-state index in [4.69, 9.17) is 17.2 Å². The summed E-state index contributed by atoms with van der Waals surface area (Å²) in [6.45, 7) is 3.01. The highest BCUT2D eigenvalue weighted by atomic mass is 16.4. The van der Waals surface area contributed by atoms with Crippen molar-refractivity contribution in [3.63, 3.8) is 0 Å². The van der Waals surface area contributed by atoms with E-state index in [1.54, 1.807) is 140 Å². The lowest BCUT2D eigenvalue weighted by atomic mass is 10.0. The smallest absolute Gasteiger partial charge is 0.243 e. The fourth-order valence-electron chi connectivity index (χ4n) is 11.8. The molecule has 0 aliphatic carbocycles. The number of carbonyl (C=O) groups is 14. The van der Waals surface area contributed by atoms with Gasteiger partial charge in [0, 0.05) is 63.9 Å². The second-order valence-electron chi connectivity index (χ2n) is 27.3. The number of nitrogens with two attached hydrogens (primary N) is 3. The second kappa shape index (κ2) is 48.6. The Morgan fingerprint density at radius 3 is 0.939 bits per heavy atom. The molecule has 0 spiro atoms. The number of hydrogen-bond donors (Lipinski definition) is 15. The number of aliphatic carboxylic acids is 1. The molecule has 0 bridgehead atoms. The van der Waals surface area contributed by atoms with Crippen LogP contribution >= 0.6 is 0 Å². The maximum absolute atomic E-state index is 14.2. The molecule has 7 aromatic rings. The minimum atomic E-state index is -1.36. The maximum atomic E-state index is 14.2. The molecule has 30 heteroatoms. The van der Waals surface area contributed by atoms with Crippen molar-refractivity contribution in [3.05, 3.63) is 251 Å². The van der Waals surface area contributed by atoms with E-state index < -0.39 is 169 Å². The van der Waals surface area contributed by atoms with Crippen molar-refractivity contribution in [2.45, 2.75) is 152 Å². The lowest BCUT2D eigenvalue weighted by molar-refractivity contribution is -0.306. The number of primary amides is 1. The molecule has 13 amide bonds. The number of hydrogen-bond acceptors (Lipinski definition) is 17. The topological polar surface area (TPSA) is 484 Å². The molecule has 0 radical (unpaired) electrons. The molecule has 7 unspecified atom stereocenters. The third-order valence-corrected chi connectivity index (χ3v) is 17.7. The van der Waals surface area contributed by atoms with E-state index in [0.29, 0.717) is 36.1 Å². The molecule has 0 aromatic heterocycles. The first-order valence-electron chi connectivity index (χ1n) is 37.4. The fourth-order valence-corrected chi connectivity index (χ4v) is 11.8. The predicted octanol–water partition coefficient (Wildman–Crippen LogP) is -0.475. The second-order valence-corrected chi connectivity index (χ2v) is 27.3. The quantitative estimate of drug-likeness (QED) is 0.0215. The van der Waals surface area contributed by atoms with Crippen LogP contribution in [0.25, 0.3) is 0 Å². The SMILES string of the molecule is CC(=O)NC(Cc1ccccc1)C(=O)NCC(=O)NC(Cc1ccccc1)C(=O)N[C@@H](C)C(=O)NC(Cc1ccccc1)C(N)=O.C[C@H](CC(=O)[O-])NC(=O)C(Cc1ccccc1)NC(=O)CNC(=O)C(Cc1ccccc1)NC(=O)[C@H](CCCCN)NC(=O)C(Cc1ccccc1)NC(=O)CNC(=O)C(N)Cc1ccccc1. The van der Waals surface area contributed by atoms with E-state index >= 15 is 0 Å². The summed E-state index contributed by atoms with van der Waals surface area (Å²) in [5, 5.41) is 42.5. The van der Waals surface area contributed by atoms with E-state index in [-0.39, 0.29) is 51.4 Å². The van der Waals surface area contributed by atoms with Crippen LogP contribution in [-0.2, 0) is 112 Å². The summed E-state index contributed by atoms with van der Waals surface area (Å²) in [7, 11) is 0. The predicted molar refractivity (Wildman–Crippen MR) is 424 cm³/mol. The van der Waals surface area contributed by atoms with Crippen LogP contribution in [0, 0.1) is 0 Å². The lowest BCUT2D eigenvalue weighted by Crippen LogP contribution is -2.58. The van der Waals surface area contributed by atoms with Gasteiger partial charge in [-0.05, 0) is 85.0 Å². The molecular weight excluding hydrogens is 1460 g/mol. The van der Waals surface area contributed by atoms with E-state index in [1.165, 1.54) is 20.8 Å². The van der Waals surface area contributed by atoms with Crippen molar-refractivity contribution < 1.29 is 72.2 Å². The Morgan fingerprint density at radius 2 is 0.605 bits per heavy atom. The number of unbranched alkanes of at least 4 members (excludes halogenated alkanes) is 1. The monoisotopic (exact) mass is 1560 g/mol. The van der Waals surface area contributed by atoms with Crippen LogP contribution in [-0.4, -0.2) is 169 Å². The van der Waals surface area contributed by atoms with Gasteiger partial charge in [0.15, 0.2) is 0 Å². The van der Waals surface area contributed by atoms with E-state index in [2.05, 4.69) is 63.8 Å². The molecule has 0 fully saturated rings. The van der Waals surface area contributed by atoms with E-state index in [1.807, 2.05) is 72.8 Å². The van der Waals surface area contributed by atoms with E-state index in [0.717, 1.165) is 22.3 Å². The molecule has 30 nitrogen and oxygen atoms in total. The molecule has 604 valence electrons. The molecule has 0 aliphatic heterocycles. The summed E-state index contributed by atoms with van der Waals surface area (Å²) < 4.78 is 0. The third kappa shape index (κ3) is 34.1. The highest BCUT2D eigenvalue weighted by Gasteiger charge is 2.33. The number of nitrogens with one attached hydrogen (secondary N) is 12. The van der Waals surface area contributed by atoms with Gasteiger partial charge < -0.3 is 90.9 Å². The zero-order valence-electron chi connectivity index (χ0n) is 63.9. The third-order valence-electron chi connectivity index (χ3n) is 17.7. The van der Waals surface area contributed by atoms with Gasteiger partial charge >= 0.3 is 0 Å². The number of carboxylic acids is 1. The number of rotatable bonds is 44. The van der Waals surface area contributed by atoms with E-state index in [9.17, 15) is 72.2 Å². The molecule has 0 saturated carbocycles. The Bertz CT molecular complexity index is 4270. The van der Waals surface area contributed by atoms with Crippen LogP contribution < -0.4 is 86.1 Å². The van der Waals surface area contributed by atoms with Gasteiger partial charge in [0.1, 0.15) is 48.3 Å². The molecular formula is C84H102N15O15-. The van der Waals surface area contributed by atoms with Gasteiger partial charge in [-0.2, -0.15) is 0 Å². The Morgan fingerprint density at radius 1 is 0.325 bits per heavy atom. The number of benzene rings is 7. The summed E-state index contributed by atoms with van der Waals surface area (Å²) in [5.41, 5.74) is 22.7. The highest BCUT2D eigenvalue weighted by Crippen LogP contribution is 2.13. The van der Waals surface area contributed by atoms with Gasteiger partial charge in [-0.15, -0.1) is 0 Å². The Balaban J connectivity index is 0.000000382. The Labute approximate surface area is 662 Å². The van der Waals surface area contributed by atoms with Gasteiger partial charge in [0.25, 0.3) is 0 Å². The van der Waals surface area contributed by atoms with Crippen molar-refractivity contribution in [1.29, 1.82) is 0 Å². The number of amides is 13. The Kier molecular flexibility index (Phi) is 38.4. The average Bonchev–Trinajstić information content (AvgIpc) is 0.869. The van der Waals surface area contributed by atoms with Gasteiger partial charge in [-0.25, -0.2) is 0 Å². The molecule has 7 rings (SSSR count). The van der Waals surface area contributed by atoms with Gasteiger partial charge in [0.2, 0.25) is 76.8 Å². The normalized spacial score (nSPS) is 13.3. The van der Waals surface area contributed by atoms with Crippen molar-refractivity contribution in [1.82, 2.24) is 63.8 Å². The minimum Gasteiger partial charge on any atom is -0.550 e. The first kappa shape index (κ1) is 89.9. The van der Waals surface area contributed by atoms with Crippen molar-refractivity contribution in [2.24, 2.45) is 17.2 Å². The van der Waals surface area contributed by atoms with Gasteiger partial charge in [0.05, 0.1) is 25.7 Å². The molecule has 114 heavy (non-hydrogen) atoms. The minimum absolute atomic E-state index is 0.00766. The fraction of sp³-hybridized carbons (Fsp3) is 0.333. The first-order chi connectivity index (χ1) is 54.7. The van der Waals surface area contributed by atoms with Crippen LogP contribution in [0.4, 0.5) is 0 Å². The zero-order chi connectivity index (χ0) is 82.7. The van der Waals surface area contributed by atoms with Crippen LogP contribution in [0.15, 0.2) is 212 Å². The summed E-state index contributed by atoms with van der Waals surface area (Å²) >= 11 is 0. The van der Waals surface area contributed by atoms with Gasteiger partial charge in [-0.1, -0.05) is 212 Å². The number of carbonyl (C=O) groups excluding carboxylic acids is 14. The van der Waals surface area contributed by atoms with Crippen molar-refractivity contribution in [3.8, 4) is 0 Å². The molecule has 0 aliphatic rings. The van der Waals surface area contributed by atoms with Crippen LogP contribution in [0.5, 0.6) is 0 Å². The van der Waals surface area contributed by atoms with Gasteiger partial charge in [-0.3, -0.25) is 62.3 Å². The van der Waals surface area contributed by atoms with Crippen LogP contribution in [0.2, 0.25) is 0 Å². The highest BCUT2D eigenvalue weighted by molar-refractivity contribution is 5.98. The summed E-state index contributed by atoms with van der Waals surface area (Å²) in [6.07, 6.45) is 1.42. The number of carboxylic acid groups (broad SMARTS) is 1. The van der Waals surface area contributed by atoms with Crippen LogP contribution in [0.1, 0.15) is 85.4 Å². The van der Waals surface area contributed by atoms with Crippen molar-refractivity contribution >= 4 is 82.8 Å². The Hall–Kier alpha value is -13.0. The summed E-state index contributed by atoms with van der Waals surface area (Å²) in [6, 6.07) is 52.2. The largest absolute Gasteiger partial charge is 0.550 e. The molecule has 0 saturated heterocycles. The molecule has 10 atom stereocenters. The maximum Gasteiger partial charge on any atom is 0.243 e. The standard InChI is InChI=1S/C50H63N9O9.C34H40N6O6/c1-33(26-45(62)63)55-49(67)41(29-36-20-10-4-11-21-36)56-44(61)32-54-47(65)40(28-35-18-8-3-9-19-35)59-48(66)39(24-14-15-25-51)58-50(68)42(30-37-22-12-5-13-23-37)57-43(60)31-53-46(64)38(52)27-34-16-6-2-7-17-34;1-22(32(44)40-27(31(35)43)18-24-12-6-3-7-13-24)37-34(46)29(20-26-16-10-5-11-17-26)39-30(42)21-36-33(45)28(38-23(2)41)19-25-14-8-4-9-15-25/h2-13,16-23,33,38-42H,14-15,24-32,51-52H2,1H3,(H,53,64)(H,54,65)(H,55,67)(H,56,61)(H,57,60)(H,58,68)(H,59,66)(H,62,63);3-17,22,27-29H,18-21H2,1-2H3,(H2,35,43)(H,36,45)(H,37,46)(H,38,41)(H,39,42)(H,40,44)/p-1/t33-,38?,39+,40?,41?,42?;22-,27?,28?,29?/m10/s1. The molecule has 0 heterocycles. The molecule has 7 aromatic carbocycles. The summed E-state index contributed by atoms with van der Waals surface area (Å²) in [4.78, 5) is 182. The molecule has 18 N–H and O–H groups in total. The average molecular weight is 1560 g/mol. The summed E-state index contributed by atoms with van der Waals surface area (Å²) in [5.74, 6) is -9.76. The zero-order valence-corrected chi connectivity index (χ0v) is 63.9. The first-order valence-corrected chi connectivity index (χ1v) is 37.4.